The maximum absolute atomic E-state index is 12.5. The van der Waals surface area contributed by atoms with Crippen LogP contribution in [0, 0.1) is 17.2 Å². The maximum Gasteiger partial charge on any atom is 0.249 e. The molecule has 0 bridgehead atoms. The minimum absolute atomic E-state index is 0.0365. The number of nitriles is 1. The Bertz CT molecular complexity index is 159. The summed E-state index contributed by atoms with van der Waals surface area (Å²) in [6, 6.07) is 1.88. The lowest BCUT2D eigenvalue weighted by atomic mass is 9.88. The van der Waals surface area contributed by atoms with Crippen molar-refractivity contribution in [3.8, 4) is 6.07 Å². The Balaban J connectivity index is 2.49. The zero-order valence-electron chi connectivity index (χ0n) is 5.61. The molecule has 1 aliphatic carbocycles. The quantitative estimate of drug-likeness (QED) is 0.513. The normalized spacial score (nSPS) is 31.1. The zero-order chi connectivity index (χ0) is 7.61. The predicted octanol–water partition coefficient (Wildman–Crippen LogP) is 2.34. The highest BCUT2D eigenvalue weighted by Gasteiger charge is 2.35. The van der Waals surface area contributed by atoms with E-state index in [4.69, 9.17) is 5.26 Å². The number of nitrogens with zero attached hydrogens (tertiary/aromatic N) is 1. The van der Waals surface area contributed by atoms with Crippen molar-refractivity contribution in [3.05, 3.63) is 0 Å². The van der Waals surface area contributed by atoms with E-state index in [2.05, 4.69) is 0 Å². The molecule has 0 unspecified atom stereocenters. The van der Waals surface area contributed by atoms with Gasteiger partial charge in [-0.1, -0.05) is 0 Å². The van der Waals surface area contributed by atoms with Crippen LogP contribution in [0.15, 0.2) is 0 Å². The number of halogens is 2. The third-order valence-electron chi connectivity index (χ3n) is 1.82. The van der Waals surface area contributed by atoms with Gasteiger partial charge in [-0.2, -0.15) is 5.26 Å². The second-order valence-corrected chi connectivity index (χ2v) is 2.78. The third-order valence-corrected chi connectivity index (χ3v) is 1.82. The summed E-state index contributed by atoms with van der Waals surface area (Å²) >= 11 is 0. The van der Waals surface area contributed by atoms with Crippen molar-refractivity contribution in [3.63, 3.8) is 0 Å². The van der Waals surface area contributed by atoms with Gasteiger partial charge < -0.3 is 0 Å². The molecule has 0 radical (unpaired) electrons. The lowest BCUT2D eigenvalue weighted by molar-refractivity contribution is -0.0443. The first-order chi connectivity index (χ1) is 4.64. The molecule has 1 nitrogen and oxygen atoms in total. The first-order valence-corrected chi connectivity index (χ1v) is 3.41. The first-order valence-electron chi connectivity index (χ1n) is 3.41. The van der Waals surface area contributed by atoms with Crippen molar-refractivity contribution in [2.75, 3.05) is 0 Å². The smallest absolute Gasteiger partial charge is 0.207 e. The fourth-order valence-electron chi connectivity index (χ4n) is 1.28. The summed E-state index contributed by atoms with van der Waals surface area (Å²) in [5.74, 6) is -2.98. The van der Waals surface area contributed by atoms with Crippen LogP contribution >= 0.6 is 0 Å². The molecule has 0 aromatic rings. The third kappa shape index (κ3) is 1.66. The van der Waals surface area contributed by atoms with E-state index in [0.717, 1.165) is 0 Å². The van der Waals surface area contributed by atoms with Gasteiger partial charge in [0.25, 0.3) is 0 Å². The molecule has 0 aromatic carbocycles. The molecule has 0 spiro atoms. The molecule has 1 atom stereocenters. The van der Waals surface area contributed by atoms with Crippen LogP contribution in [0.2, 0.25) is 0 Å². The Kier molecular flexibility index (Phi) is 1.89. The van der Waals surface area contributed by atoms with Crippen molar-refractivity contribution >= 4 is 0 Å². The molecule has 10 heavy (non-hydrogen) atoms. The van der Waals surface area contributed by atoms with Gasteiger partial charge in [0.2, 0.25) is 5.92 Å². The highest BCUT2D eigenvalue weighted by Crippen LogP contribution is 2.35. The first kappa shape index (κ1) is 7.46. The van der Waals surface area contributed by atoms with Crippen LogP contribution in [0.4, 0.5) is 8.78 Å². The number of rotatable bonds is 0. The summed E-state index contributed by atoms with van der Waals surface area (Å²) in [6.45, 7) is 0. The Hall–Kier alpha value is -0.650. The summed E-state index contributed by atoms with van der Waals surface area (Å²) < 4.78 is 25.0. The number of hydrogen-bond acceptors (Lipinski definition) is 1. The van der Waals surface area contributed by atoms with E-state index in [1.165, 1.54) is 0 Å². The topological polar surface area (TPSA) is 23.8 Å². The van der Waals surface area contributed by atoms with E-state index in [1.54, 1.807) is 0 Å². The summed E-state index contributed by atoms with van der Waals surface area (Å²) in [5, 5.41) is 8.34. The van der Waals surface area contributed by atoms with Gasteiger partial charge in [0, 0.05) is 12.8 Å². The Morgan fingerprint density at radius 3 is 2.60 bits per heavy atom. The van der Waals surface area contributed by atoms with Crippen LogP contribution in [-0.2, 0) is 0 Å². The van der Waals surface area contributed by atoms with Crippen LogP contribution in [0.5, 0.6) is 0 Å². The molecule has 1 saturated carbocycles. The van der Waals surface area contributed by atoms with Crippen LogP contribution in [0.25, 0.3) is 0 Å². The SMILES string of the molecule is N#C[C@@H]1CCCC(F)(F)C1. The molecular weight excluding hydrogens is 136 g/mol. The van der Waals surface area contributed by atoms with Gasteiger partial charge in [-0.3, -0.25) is 0 Å². The monoisotopic (exact) mass is 145 g/mol. The average molecular weight is 145 g/mol. The molecule has 0 N–H and O–H groups in total. The van der Waals surface area contributed by atoms with Gasteiger partial charge in [0.15, 0.2) is 0 Å². The minimum atomic E-state index is -2.57. The van der Waals surface area contributed by atoms with Gasteiger partial charge in [0.1, 0.15) is 0 Å². The van der Waals surface area contributed by atoms with E-state index in [0.29, 0.717) is 12.8 Å². The minimum Gasteiger partial charge on any atom is -0.207 e. The largest absolute Gasteiger partial charge is 0.249 e. The fraction of sp³-hybridized carbons (Fsp3) is 0.857. The second kappa shape index (κ2) is 2.53. The Morgan fingerprint density at radius 1 is 1.50 bits per heavy atom. The van der Waals surface area contributed by atoms with Gasteiger partial charge in [-0.25, -0.2) is 8.78 Å². The molecule has 3 heteroatoms. The van der Waals surface area contributed by atoms with Gasteiger partial charge in [-0.15, -0.1) is 0 Å². The molecular formula is C7H9F2N. The van der Waals surface area contributed by atoms with Gasteiger partial charge in [-0.05, 0) is 12.8 Å². The predicted molar refractivity (Wildman–Crippen MR) is 32.5 cm³/mol. The Labute approximate surface area is 58.6 Å². The van der Waals surface area contributed by atoms with Crippen LogP contribution in [0.3, 0.4) is 0 Å². The van der Waals surface area contributed by atoms with E-state index >= 15 is 0 Å². The molecule has 1 rings (SSSR count). The molecule has 0 aliphatic heterocycles. The van der Waals surface area contributed by atoms with Crippen molar-refractivity contribution in [1.29, 1.82) is 5.26 Å². The standard InChI is InChI=1S/C7H9F2N/c8-7(9)3-1-2-6(4-7)5-10/h6H,1-4H2/t6-/m1/s1. The maximum atomic E-state index is 12.5. The summed E-state index contributed by atoms with van der Waals surface area (Å²) in [6.07, 6.45) is 0.867. The molecule has 0 aromatic heterocycles. The second-order valence-electron chi connectivity index (χ2n) is 2.78. The van der Waals surface area contributed by atoms with Crippen LogP contribution in [-0.4, -0.2) is 5.92 Å². The molecule has 0 amide bonds. The van der Waals surface area contributed by atoms with Gasteiger partial charge in [0.05, 0.1) is 12.0 Å². The molecule has 0 saturated heterocycles. The van der Waals surface area contributed by atoms with Crippen LogP contribution in [0.1, 0.15) is 25.7 Å². The highest BCUT2D eigenvalue weighted by molar-refractivity contribution is 4.90. The van der Waals surface area contributed by atoms with Crippen LogP contribution < -0.4 is 0 Å². The summed E-state index contributed by atoms with van der Waals surface area (Å²) in [4.78, 5) is 0. The van der Waals surface area contributed by atoms with Crippen molar-refractivity contribution in [2.24, 2.45) is 5.92 Å². The molecule has 56 valence electrons. The van der Waals surface area contributed by atoms with Crippen molar-refractivity contribution in [2.45, 2.75) is 31.6 Å². The number of alkyl halides is 2. The lowest BCUT2D eigenvalue weighted by Gasteiger charge is -2.24. The highest BCUT2D eigenvalue weighted by atomic mass is 19.3. The summed E-state index contributed by atoms with van der Waals surface area (Å²) in [7, 11) is 0. The van der Waals surface area contributed by atoms with Crippen molar-refractivity contribution in [1.82, 2.24) is 0 Å². The zero-order valence-corrected chi connectivity index (χ0v) is 5.61. The lowest BCUT2D eigenvalue weighted by Crippen LogP contribution is -2.25. The summed E-state index contributed by atoms with van der Waals surface area (Å²) in [5.41, 5.74) is 0. The Morgan fingerprint density at radius 2 is 2.20 bits per heavy atom. The number of hydrogen-bond donors (Lipinski definition) is 0. The van der Waals surface area contributed by atoms with E-state index in [9.17, 15) is 8.78 Å². The van der Waals surface area contributed by atoms with E-state index in [1.807, 2.05) is 6.07 Å². The van der Waals surface area contributed by atoms with E-state index < -0.39 is 11.8 Å². The average Bonchev–Trinajstić information content (AvgIpc) is 1.86. The molecule has 1 aliphatic rings. The fourth-order valence-corrected chi connectivity index (χ4v) is 1.28. The molecule has 1 fully saturated rings. The van der Waals surface area contributed by atoms with Crippen molar-refractivity contribution < 1.29 is 8.78 Å². The molecule has 0 heterocycles. The van der Waals surface area contributed by atoms with E-state index in [-0.39, 0.29) is 12.8 Å². The van der Waals surface area contributed by atoms with Gasteiger partial charge >= 0.3 is 0 Å².